The molecule has 1 N–H and O–H groups in total. The lowest BCUT2D eigenvalue weighted by Gasteiger charge is -2.33. The van der Waals surface area contributed by atoms with E-state index in [-0.39, 0.29) is 5.41 Å². The monoisotopic (exact) mass is 294 g/mol. The van der Waals surface area contributed by atoms with Crippen LogP contribution in [0.3, 0.4) is 0 Å². The van der Waals surface area contributed by atoms with Gasteiger partial charge in [0.1, 0.15) is 0 Å². The Morgan fingerprint density at radius 2 is 1.85 bits per heavy atom. The minimum atomic E-state index is -3.33. The van der Waals surface area contributed by atoms with Crippen molar-refractivity contribution in [3.8, 4) is 0 Å². The third-order valence-electron chi connectivity index (χ3n) is 4.78. The fourth-order valence-corrected chi connectivity index (χ4v) is 5.23. The van der Waals surface area contributed by atoms with E-state index in [0.29, 0.717) is 18.0 Å². The third-order valence-corrected chi connectivity index (χ3v) is 6.78. The maximum atomic E-state index is 12.8. The highest BCUT2D eigenvalue weighted by molar-refractivity contribution is 7.89. The van der Waals surface area contributed by atoms with Gasteiger partial charge in [-0.2, -0.15) is 4.31 Å². The van der Waals surface area contributed by atoms with Crippen LogP contribution in [0.25, 0.3) is 0 Å². The molecule has 3 rings (SSSR count). The summed E-state index contributed by atoms with van der Waals surface area (Å²) in [6.07, 6.45) is 3.18. The molecule has 4 nitrogen and oxygen atoms in total. The number of benzene rings is 1. The van der Waals surface area contributed by atoms with E-state index in [1.165, 1.54) is 0 Å². The molecule has 110 valence electrons. The van der Waals surface area contributed by atoms with Crippen LogP contribution < -0.4 is 5.32 Å². The molecule has 0 saturated carbocycles. The molecule has 0 bridgehead atoms. The summed E-state index contributed by atoms with van der Waals surface area (Å²) in [5, 5.41) is 3.36. The summed E-state index contributed by atoms with van der Waals surface area (Å²) < 4.78 is 27.3. The Balaban J connectivity index is 1.85. The maximum Gasteiger partial charge on any atom is 0.243 e. The average molecular weight is 294 g/mol. The quantitative estimate of drug-likeness (QED) is 0.904. The second kappa shape index (κ2) is 5.13. The molecule has 20 heavy (non-hydrogen) atoms. The standard InChI is InChI=1S/C15H22N2O2S/c1-13-4-2-3-5-14(13)20(18,19)17-11-8-15(12-17)6-9-16-10-7-15/h2-5,16H,6-12H2,1H3. The Morgan fingerprint density at radius 1 is 1.15 bits per heavy atom. The van der Waals surface area contributed by atoms with Gasteiger partial charge in [-0.05, 0) is 56.3 Å². The van der Waals surface area contributed by atoms with Crippen LogP contribution in [0.2, 0.25) is 0 Å². The van der Waals surface area contributed by atoms with Crippen molar-refractivity contribution in [3.05, 3.63) is 29.8 Å². The van der Waals surface area contributed by atoms with E-state index < -0.39 is 10.0 Å². The van der Waals surface area contributed by atoms with E-state index in [9.17, 15) is 8.42 Å². The number of hydrogen-bond donors (Lipinski definition) is 1. The van der Waals surface area contributed by atoms with Crippen molar-refractivity contribution in [2.75, 3.05) is 26.2 Å². The van der Waals surface area contributed by atoms with Crippen molar-refractivity contribution in [2.45, 2.75) is 31.1 Å². The number of nitrogens with one attached hydrogen (secondary N) is 1. The molecule has 0 aromatic heterocycles. The molecule has 5 heteroatoms. The summed E-state index contributed by atoms with van der Waals surface area (Å²) in [4.78, 5) is 0.464. The van der Waals surface area contributed by atoms with E-state index >= 15 is 0 Å². The van der Waals surface area contributed by atoms with Crippen molar-refractivity contribution in [1.82, 2.24) is 9.62 Å². The SMILES string of the molecule is Cc1ccccc1S(=O)(=O)N1CCC2(CCNCC2)C1. The highest BCUT2D eigenvalue weighted by Gasteiger charge is 2.43. The van der Waals surface area contributed by atoms with Crippen molar-refractivity contribution in [1.29, 1.82) is 0 Å². The molecule has 2 saturated heterocycles. The minimum Gasteiger partial charge on any atom is -0.317 e. The summed E-state index contributed by atoms with van der Waals surface area (Å²) in [5.41, 5.74) is 1.04. The van der Waals surface area contributed by atoms with E-state index in [2.05, 4.69) is 5.32 Å². The van der Waals surface area contributed by atoms with Crippen LogP contribution in [-0.4, -0.2) is 38.9 Å². The number of nitrogens with zero attached hydrogens (tertiary/aromatic N) is 1. The second-order valence-electron chi connectivity index (χ2n) is 6.10. The van der Waals surface area contributed by atoms with Crippen LogP contribution in [0.5, 0.6) is 0 Å². The molecular formula is C15H22N2O2S. The Kier molecular flexibility index (Phi) is 3.60. The largest absolute Gasteiger partial charge is 0.317 e. The highest BCUT2D eigenvalue weighted by atomic mass is 32.2. The van der Waals surface area contributed by atoms with Gasteiger partial charge in [-0.1, -0.05) is 18.2 Å². The number of piperidine rings is 1. The summed E-state index contributed by atoms with van der Waals surface area (Å²) in [6, 6.07) is 7.27. The molecule has 2 aliphatic heterocycles. The Hall–Kier alpha value is -0.910. The van der Waals surface area contributed by atoms with E-state index in [0.717, 1.165) is 37.9 Å². The van der Waals surface area contributed by atoms with Crippen molar-refractivity contribution >= 4 is 10.0 Å². The number of sulfonamides is 1. The molecule has 1 spiro atoms. The molecule has 2 fully saturated rings. The number of aryl methyl sites for hydroxylation is 1. The third kappa shape index (κ3) is 2.38. The summed E-state index contributed by atoms with van der Waals surface area (Å²) >= 11 is 0. The van der Waals surface area contributed by atoms with Gasteiger partial charge in [0.2, 0.25) is 10.0 Å². The van der Waals surface area contributed by atoms with Crippen LogP contribution in [0.1, 0.15) is 24.8 Å². The van der Waals surface area contributed by atoms with Gasteiger partial charge in [0.25, 0.3) is 0 Å². The van der Waals surface area contributed by atoms with E-state index in [1.807, 2.05) is 19.1 Å². The lowest BCUT2D eigenvalue weighted by atomic mass is 9.78. The predicted molar refractivity (Wildman–Crippen MR) is 79.1 cm³/mol. The van der Waals surface area contributed by atoms with Gasteiger partial charge in [-0.15, -0.1) is 0 Å². The van der Waals surface area contributed by atoms with Crippen LogP contribution in [0.4, 0.5) is 0 Å². The smallest absolute Gasteiger partial charge is 0.243 e. The second-order valence-corrected chi connectivity index (χ2v) is 8.01. The van der Waals surface area contributed by atoms with Crippen LogP contribution in [-0.2, 0) is 10.0 Å². The fraction of sp³-hybridized carbons (Fsp3) is 0.600. The molecule has 1 aromatic rings. The minimum absolute atomic E-state index is 0.209. The van der Waals surface area contributed by atoms with E-state index in [1.54, 1.807) is 16.4 Å². The Labute approximate surface area is 121 Å². The average Bonchev–Trinajstić information content (AvgIpc) is 2.84. The summed E-state index contributed by atoms with van der Waals surface area (Å²) in [5.74, 6) is 0. The summed E-state index contributed by atoms with van der Waals surface area (Å²) in [6.45, 7) is 5.24. The van der Waals surface area contributed by atoms with Gasteiger partial charge in [0.15, 0.2) is 0 Å². The number of hydrogen-bond acceptors (Lipinski definition) is 3. The molecule has 0 aliphatic carbocycles. The first kappa shape index (κ1) is 14.0. The zero-order valence-electron chi connectivity index (χ0n) is 11.9. The van der Waals surface area contributed by atoms with Gasteiger partial charge < -0.3 is 5.32 Å². The zero-order valence-corrected chi connectivity index (χ0v) is 12.7. The normalized spacial score (nSPS) is 23.2. The topological polar surface area (TPSA) is 49.4 Å². The molecule has 1 aromatic carbocycles. The van der Waals surface area contributed by atoms with Gasteiger partial charge in [0, 0.05) is 13.1 Å². The molecule has 0 atom stereocenters. The van der Waals surface area contributed by atoms with Crippen molar-refractivity contribution in [3.63, 3.8) is 0 Å². The zero-order chi connectivity index (χ0) is 14.2. The molecule has 0 amide bonds. The predicted octanol–water partition coefficient (Wildman–Crippen LogP) is 1.76. The molecule has 2 heterocycles. The maximum absolute atomic E-state index is 12.8. The number of rotatable bonds is 2. The van der Waals surface area contributed by atoms with Gasteiger partial charge in [-0.25, -0.2) is 8.42 Å². The molecule has 0 unspecified atom stereocenters. The first-order chi connectivity index (χ1) is 9.54. The van der Waals surface area contributed by atoms with Crippen molar-refractivity contribution < 1.29 is 8.42 Å². The molecular weight excluding hydrogens is 272 g/mol. The van der Waals surface area contributed by atoms with Crippen LogP contribution >= 0.6 is 0 Å². The van der Waals surface area contributed by atoms with E-state index in [4.69, 9.17) is 0 Å². The van der Waals surface area contributed by atoms with Gasteiger partial charge in [-0.3, -0.25) is 0 Å². The fourth-order valence-electron chi connectivity index (χ4n) is 3.45. The summed E-state index contributed by atoms with van der Waals surface area (Å²) in [7, 11) is -3.33. The van der Waals surface area contributed by atoms with Crippen LogP contribution in [0.15, 0.2) is 29.2 Å². The lowest BCUT2D eigenvalue weighted by molar-refractivity contribution is 0.218. The first-order valence-electron chi connectivity index (χ1n) is 7.30. The molecule has 0 radical (unpaired) electrons. The van der Waals surface area contributed by atoms with Crippen LogP contribution in [0, 0.1) is 12.3 Å². The molecule has 2 aliphatic rings. The Morgan fingerprint density at radius 3 is 2.55 bits per heavy atom. The first-order valence-corrected chi connectivity index (χ1v) is 8.74. The van der Waals surface area contributed by atoms with Gasteiger partial charge >= 0.3 is 0 Å². The van der Waals surface area contributed by atoms with Gasteiger partial charge in [0.05, 0.1) is 4.90 Å². The van der Waals surface area contributed by atoms with Crippen molar-refractivity contribution in [2.24, 2.45) is 5.41 Å². The lowest BCUT2D eigenvalue weighted by Crippen LogP contribution is -2.39. The Bertz CT molecular complexity index is 592. The highest BCUT2D eigenvalue weighted by Crippen LogP contribution is 2.40.